The topological polar surface area (TPSA) is 83.1 Å². The molecular weight excluding hydrogens is 376 g/mol. The molecule has 0 aromatic carbocycles. The minimum atomic E-state index is -0.453. The molecule has 3 N–H and O–H groups in total. The van der Waals surface area contributed by atoms with Crippen molar-refractivity contribution in [2.24, 2.45) is 0 Å². The van der Waals surface area contributed by atoms with Crippen LogP contribution in [0.3, 0.4) is 0 Å². The van der Waals surface area contributed by atoms with E-state index in [1.165, 1.54) is 11.3 Å². The molecule has 0 atom stereocenters. The van der Waals surface area contributed by atoms with Gasteiger partial charge in [0, 0.05) is 18.3 Å². The molecule has 0 aliphatic carbocycles. The number of carbonyl (C=O) groups is 2. The monoisotopic (exact) mass is 388 g/mol. The second-order valence-electron chi connectivity index (χ2n) is 4.05. The minimum Gasteiger partial charge on any atom is -0.336 e. The van der Waals surface area contributed by atoms with E-state index >= 15 is 0 Å². The summed E-state index contributed by atoms with van der Waals surface area (Å²) >= 11 is 6.14. The molecule has 2 aromatic rings. The second-order valence-corrected chi connectivity index (χ2v) is 7.57. The van der Waals surface area contributed by atoms with E-state index in [2.05, 4.69) is 37.1 Å². The molecule has 0 aliphatic heterocycles. The first-order chi connectivity index (χ1) is 10.0. The summed E-state index contributed by atoms with van der Waals surface area (Å²) in [5.41, 5.74) is 5.59. The number of thiophene rings is 1. The van der Waals surface area contributed by atoms with Crippen LogP contribution in [0, 0.1) is 6.92 Å². The molecule has 0 saturated carbocycles. The Morgan fingerprint density at radius 2 is 2.14 bits per heavy atom. The molecule has 2 rings (SSSR count). The lowest BCUT2D eigenvalue weighted by Gasteiger charge is -2.07. The van der Waals surface area contributed by atoms with Crippen LogP contribution < -0.4 is 16.2 Å². The van der Waals surface area contributed by atoms with Crippen molar-refractivity contribution in [1.29, 1.82) is 0 Å². The largest absolute Gasteiger partial charge is 0.336 e. The number of thiazole rings is 1. The Bertz CT molecular complexity index is 641. The number of hydrogen-bond acceptors (Lipinski definition) is 5. The van der Waals surface area contributed by atoms with Gasteiger partial charge in [0.1, 0.15) is 0 Å². The van der Waals surface area contributed by atoms with Crippen molar-refractivity contribution in [1.82, 2.24) is 21.2 Å². The van der Waals surface area contributed by atoms with Crippen molar-refractivity contribution in [2.45, 2.75) is 13.3 Å². The third-order valence-corrected chi connectivity index (χ3v) is 4.86. The van der Waals surface area contributed by atoms with Crippen LogP contribution in [0.5, 0.6) is 0 Å². The Kier molecular flexibility index (Phi) is 5.71. The van der Waals surface area contributed by atoms with Gasteiger partial charge in [0.2, 0.25) is 0 Å². The molecule has 2 heterocycles. The number of aryl methyl sites for hydroxylation is 1. The van der Waals surface area contributed by atoms with Gasteiger partial charge in [-0.2, -0.15) is 0 Å². The van der Waals surface area contributed by atoms with Gasteiger partial charge in [0.05, 0.1) is 19.4 Å². The van der Waals surface area contributed by atoms with Crippen molar-refractivity contribution in [3.05, 3.63) is 36.9 Å². The number of aromatic nitrogens is 1. The summed E-state index contributed by atoms with van der Waals surface area (Å²) in [5.74, 6) is -0.351. The summed E-state index contributed by atoms with van der Waals surface area (Å²) in [4.78, 5) is 28.0. The van der Waals surface area contributed by atoms with E-state index in [4.69, 9.17) is 0 Å². The Morgan fingerprint density at radius 1 is 1.33 bits per heavy atom. The fourth-order valence-electron chi connectivity index (χ4n) is 1.48. The molecule has 112 valence electrons. The Hall–Kier alpha value is -1.45. The summed E-state index contributed by atoms with van der Waals surface area (Å²) in [7, 11) is 0. The number of carbonyl (C=O) groups excluding carboxylic acids is 2. The average molecular weight is 389 g/mol. The highest BCUT2D eigenvalue weighted by Crippen LogP contribution is 2.21. The van der Waals surface area contributed by atoms with E-state index in [1.54, 1.807) is 23.5 Å². The van der Waals surface area contributed by atoms with E-state index < -0.39 is 6.03 Å². The van der Waals surface area contributed by atoms with Crippen LogP contribution in [0.25, 0.3) is 0 Å². The number of nitrogens with one attached hydrogen (secondary N) is 3. The number of halogens is 1. The molecule has 0 spiro atoms. The van der Waals surface area contributed by atoms with Gasteiger partial charge in [0.25, 0.3) is 5.91 Å². The van der Waals surface area contributed by atoms with Crippen molar-refractivity contribution in [3.8, 4) is 0 Å². The molecule has 0 aliphatic rings. The van der Waals surface area contributed by atoms with Crippen LogP contribution in [0.4, 0.5) is 4.79 Å². The molecule has 0 fully saturated rings. The lowest BCUT2D eigenvalue weighted by Crippen LogP contribution is -2.47. The third kappa shape index (κ3) is 5.10. The first-order valence-electron chi connectivity index (χ1n) is 6.05. The number of rotatable bonds is 4. The predicted molar refractivity (Wildman–Crippen MR) is 86.6 cm³/mol. The van der Waals surface area contributed by atoms with Gasteiger partial charge in [-0.1, -0.05) is 0 Å². The van der Waals surface area contributed by atoms with Crippen molar-refractivity contribution < 1.29 is 9.59 Å². The zero-order valence-electron chi connectivity index (χ0n) is 11.1. The number of urea groups is 1. The molecule has 6 nitrogen and oxygen atoms in total. The lowest BCUT2D eigenvalue weighted by atomic mass is 10.3. The van der Waals surface area contributed by atoms with Gasteiger partial charge < -0.3 is 5.32 Å². The molecule has 3 amide bonds. The molecule has 21 heavy (non-hydrogen) atoms. The Morgan fingerprint density at radius 3 is 2.76 bits per heavy atom. The van der Waals surface area contributed by atoms with Crippen LogP contribution in [-0.4, -0.2) is 23.5 Å². The zero-order chi connectivity index (χ0) is 15.2. The highest BCUT2D eigenvalue weighted by Gasteiger charge is 2.09. The maximum atomic E-state index is 11.7. The molecule has 0 unspecified atom stereocenters. The Balaban J connectivity index is 1.66. The summed E-state index contributed by atoms with van der Waals surface area (Å²) < 4.78 is 0.857. The highest BCUT2D eigenvalue weighted by molar-refractivity contribution is 9.11. The van der Waals surface area contributed by atoms with E-state index in [-0.39, 0.29) is 5.91 Å². The van der Waals surface area contributed by atoms with Crippen LogP contribution in [0.1, 0.15) is 20.4 Å². The molecule has 0 bridgehead atoms. The zero-order valence-corrected chi connectivity index (χ0v) is 14.3. The summed E-state index contributed by atoms with van der Waals surface area (Å²) in [6, 6.07) is 3.00. The average Bonchev–Trinajstić information content (AvgIpc) is 3.05. The smallest absolute Gasteiger partial charge is 0.333 e. The summed E-state index contributed by atoms with van der Waals surface area (Å²) in [6.45, 7) is 2.39. The van der Waals surface area contributed by atoms with E-state index in [0.29, 0.717) is 17.8 Å². The number of hydrogen-bond donors (Lipinski definition) is 3. The van der Waals surface area contributed by atoms with Crippen LogP contribution in [-0.2, 0) is 6.42 Å². The first kappa shape index (κ1) is 15.9. The van der Waals surface area contributed by atoms with Gasteiger partial charge in [-0.25, -0.2) is 15.2 Å². The Labute approximate surface area is 138 Å². The standard InChI is InChI=1S/C12H13BrN4O2S2/c1-7-15-8(6-20-7)4-5-14-12(19)17-16-11(18)9-2-3-10(13)21-9/h2-3,6H,4-5H2,1H3,(H,16,18)(H2,14,17,19). The van der Waals surface area contributed by atoms with Gasteiger partial charge in [-0.3, -0.25) is 10.2 Å². The summed E-state index contributed by atoms with van der Waals surface area (Å²) in [5, 5.41) is 5.61. The number of nitrogens with zero attached hydrogens (tertiary/aromatic N) is 1. The van der Waals surface area contributed by atoms with E-state index in [1.807, 2.05) is 12.3 Å². The van der Waals surface area contributed by atoms with E-state index in [0.717, 1.165) is 14.5 Å². The number of amides is 3. The highest BCUT2D eigenvalue weighted by atomic mass is 79.9. The normalized spacial score (nSPS) is 10.2. The van der Waals surface area contributed by atoms with Crippen LogP contribution >= 0.6 is 38.6 Å². The molecule has 0 radical (unpaired) electrons. The van der Waals surface area contributed by atoms with Crippen LogP contribution in [0.2, 0.25) is 0 Å². The first-order valence-corrected chi connectivity index (χ1v) is 8.54. The van der Waals surface area contributed by atoms with Gasteiger partial charge in [0.15, 0.2) is 0 Å². The summed E-state index contributed by atoms with van der Waals surface area (Å²) in [6.07, 6.45) is 0.656. The molecular formula is C12H13BrN4O2S2. The van der Waals surface area contributed by atoms with Crippen molar-refractivity contribution >= 4 is 50.5 Å². The lowest BCUT2D eigenvalue weighted by molar-refractivity contribution is 0.0940. The molecule has 0 saturated heterocycles. The quantitative estimate of drug-likeness (QED) is 0.703. The fraction of sp³-hybridized carbons (Fsp3) is 0.250. The second kappa shape index (κ2) is 7.53. The number of hydrazine groups is 1. The van der Waals surface area contributed by atoms with Gasteiger partial charge in [-0.15, -0.1) is 22.7 Å². The fourth-order valence-corrected chi connectivity index (χ4v) is 3.41. The van der Waals surface area contributed by atoms with Gasteiger partial charge in [-0.05, 0) is 35.0 Å². The van der Waals surface area contributed by atoms with Crippen molar-refractivity contribution in [2.75, 3.05) is 6.54 Å². The SMILES string of the molecule is Cc1nc(CCNC(=O)NNC(=O)c2ccc(Br)s2)cs1. The van der Waals surface area contributed by atoms with Crippen molar-refractivity contribution in [3.63, 3.8) is 0 Å². The maximum absolute atomic E-state index is 11.7. The van der Waals surface area contributed by atoms with Gasteiger partial charge >= 0.3 is 6.03 Å². The molecule has 9 heteroatoms. The van der Waals surface area contributed by atoms with E-state index in [9.17, 15) is 9.59 Å². The maximum Gasteiger partial charge on any atom is 0.333 e. The van der Waals surface area contributed by atoms with Crippen LogP contribution in [0.15, 0.2) is 21.3 Å². The minimum absolute atomic E-state index is 0.351. The molecule has 2 aromatic heterocycles. The predicted octanol–water partition coefficient (Wildman–Crippen LogP) is 2.46. The third-order valence-electron chi connectivity index (χ3n) is 2.42.